The molecule has 2 unspecified atom stereocenters. The molecule has 2 aromatic carbocycles. The Morgan fingerprint density at radius 2 is 1.16 bits per heavy atom. The summed E-state index contributed by atoms with van der Waals surface area (Å²) in [5.74, 6) is -1.84. The first-order valence-electron chi connectivity index (χ1n) is 23.1. The largest absolute Gasteiger partial charge is 0.359 e. The van der Waals surface area contributed by atoms with Gasteiger partial charge in [0.1, 0.15) is 11.6 Å². The zero-order valence-corrected chi connectivity index (χ0v) is 40.2. The number of ketones is 2. The molecule has 12 nitrogen and oxygen atoms in total. The second-order valence-electron chi connectivity index (χ2n) is 20.2. The molecule has 0 saturated heterocycles. The quantitative estimate of drug-likeness (QED) is 0.0488. The van der Waals surface area contributed by atoms with E-state index in [1.807, 2.05) is 66.7 Å². The van der Waals surface area contributed by atoms with Crippen molar-refractivity contribution in [2.45, 2.75) is 164 Å². The molecule has 12 heteroatoms. The maximum absolute atomic E-state index is 13.5. The van der Waals surface area contributed by atoms with Gasteiger partial charge >= 0.3 is 0 Å². The summed E-state index contributed by atoms with van der Waals surface area (Å²) in [7, 11) is 1.56. The number of rotatable bonds is 23. The lowest BCUT2D eigenvalue weighted by Gasteiger charge is -2.35. The Labute approximate surface area is 378 Å². The van der Waals surface area contributed by atoms with E-state index in [4.69, 9.17) is 0 Å². The zero-order chi connectivity index (χ0) is 47.5. The summed E-state index contributed by atoms with van der Waals surface area (Å²) in [6, 6.07) is 17.2. The van der Waals surface area contributed by atoms with E-state index in [1.54, 1.807) is 20.9 Å². The fourth-order valence-electron chi connectivity index (χ4n) is 8.69. The van der Waals surface area contributed by atoms with Crippen LogP contribution in [0.1, 0.15) is 143 Å². The smallest absolute Gasteiger partial charge is 0.233 e. The van der Waals surface area contributed by atoms with Crippen LogP contribution in [-0.2, 0) is 41.6 Å². The number of aryl methyl sites for hydroxylation is 3. The number of hydrogen-bond donors (Lipinski definition) is 4. The molecule has 0 bridgehead atoms. The van der Waals surface area contributed by atoms with Crippen molar-refractivity contribution in [2.75, 3.05) is 7.05 Å². The van der Waals surface area contributed by atoms with Gasteiger partial charge in [-0.25, -0.2) is 10.1 Å². The van der Waals surface area contributed by atoms with Gasteiger partial charge in [-0.05, 0) is 100 Å². The van der Waals surface area contributed by atoms with Crippen LogP contribution < -0.4 is 10.6 Å². The van der Waals surface area contributed by atoms with Crippen molar-refractivity contribution < 1.29 is 39.2 Å². The molecule has 8 atom stereocenters. The molecular weight excluding hydrogens is 797 g/mol. The highest BCUT2D eigenvalue weighted by Crippen LogP contribution is 2.34. The molecule has 0 spiro atoms. The van der Waals surface area contributed by atoms with Crippen LogP contribution in [0.4, 0.5) is 0 Å². The van der Waals surface area contributed by atoms with Crippen LogP contribution in [0, 0.1) is 47.3 Å². The Morgan fingerprint density at radius 1 is 0.714 bits per heavy atom. The van der Waals surface area contributed by atoms with Gasteiger partial charge in [-0.1, -0.05) is 121 Å². The first-order valence-corrected chi connectivity index (χ1v) is 23.1. The monoisotopic (exact) mass is 877 g/mol. The lowest BCUT2D eigenvalue weighted by atomic mass is 9.74. The summed E-state index contributed by atoms with van der Waals surface area (Å²) in [6.07, 6.45) is 9.32. The number of benzene rings is 2. The highest BCUT2D eigenvalue weighted by atomic mass is 16.5. The number of carbonyl (C=O) groups is 6. The Hall–Kier alpha value is -4.42. The molecule has 63 heavy (non-hydrogen) atoms. The van der Waals surface area contributed by atoms with Crippen molar-refractivity contribution in [2.24, 2.45) is 40.4 Å². The van der Waals surface area contributed by atoms with Crippen molar-refractivity contribution in [1.29, 1.82) is 0 Å². The van der Waals surface area contributed by atoms with Gasteiger partial charge in [0.2, 0.25) is 24.6 Å². The molecule has 1 saturated carbocycles. The second-order valence-corrected chi connectivity index (χ2v) is 20.2. The fourth-order valence-corrected chi connectivity index (χ4v) is 8.69. The highest BCUT2D eigenvalue weighted by molar-refractivity contribution is 5.90. The van der Waals surface area contributed by atoms with E-state index in [9.17, 15) is 39.2 Å². The van der Waals surface area contributed by atoms with Crippen molar-refractivity contribution in [3.63, 3.8) is 0 Å². The maximum Gasteiger partial charge on any atom is 0.233 e. The van der Waals surface area contributed by atoms with E-state index in [-0.39, 0.29) is 53.1 Å². The average Bonchev–Trinajstić information content (AvgIpc) is 3.23. The molecule has 4 amide bonds. The van der Waals surface area contributed by atoms with E-state index < -0.39 is 35.8 Å². The molecule has 0 radical (unpaired) electrons. The third-order valence-corrected chi connectivity index (χ3v) is 13.0. The van der Waals surface area contributed by atoms with Crippen molar-refractivity contribution in [3.05, 3.63) is 71.3 Å². The zero-order valence-electron chi connectivity index (χ0n) is 40.2. The molecule has 0 aromatic heterocycles. The first-order chi connectivity index (χ1) is 29.5. The van der Waals surface area contributed by atoms with E-state index in [2.05, 4.69) is 54.0 Å². The predicted molar refractivity (Wildman–Crippen MR) is 248 cm³/mol. The van der Waals surface area contributed by atoms with E-state index in [0.29, 0.717) is 41.7 Å². The molecule has 2 aromatic rings. The summed E-state index contributed by atoms with van der Waals surface area (Å²) >= 11 is 0. The Morgan fingerprint density at radius 3 is 1.57 bits per heavy atom. The highest BCUT2D eigenvalue weighted by Gasteiger charge is 2.39. The third-order valence-electron chi connectivity index (χ3n) is 13.0. The first kappa shape index (κ1) is 54.7. The van der Waals surface area contributed by atoms with Gasteiger partial charge in [-0.2, -0.15) is 0 Å². The molecule has 1 fully saturated rings. The van der Waals surface area contributed by atoms with Gasteiger partial charge in [0, 0.05) is 49.6 Å². The minimum absolute atomic E-state index is 0.0631. The Bertz CT molecular complexity index is 1720. The minimum Gasteiger partial charge on any atom is -0.359 e. The van der Waals surface area contributed by atoms with Crippen LogP contribution in [0.5, 0.6) is 0 Å². The topological polar surface area (TPSA) is 173 Å². The SMILES string of the molecule is CC1CCCC(NC(=O)[C@@H](CC(=O)[C@H](CCCc2ccccc2)[C@H](C)N(O)C=O)C(C)(C)C)C1.CNC(=O)[C@@H](CC(=O)[C@H](CCCc1ccc(C)cc1)[C@H](C)N(O)C=O)C(C)(C)C. The van der Waals surface area contributed by atoms with Gasteiger partial charge < -0.3 is 10.6 Å². The number of Topliss-reactive ketones (excluding diaryl/α,β-unsaturated/α-hetero) is 2. The van der Waals surface area contributed by atoms with Crippen LogP contribution in [0.25, 0.3) is 0 Å². The molecule has 352 valence electrons. The minimum atomic E-state index is -0.650. The van der Waals surface area contributed by atoms with Crippen LogP contribution in [-0.4, -0.2) is 81.9 Å². The number of carbonyl (C=O) groups excluding carboxylic acids is 6. The van der Waals surface area contributed by atoms with E-state index >= 15 is 0 Å². The Kier molecular flexibility index (Phi) is 22.9. The van der Waals surface area contributed by atoms with Crippen molar-refractivity contribution in [3.8, 4) is 0 Å². The third kappa shape index (κ3) is 18.7. The number of nitrogens with one attached hydrogen (secondary N) is 2. The van der Waals surface area contributed by atoms with Crippen molar-refractivity contribution in [1.82, 2.24) is 20.8 Å². The van der Waals surface area contributed by atoms with E-state index in [0.717, 1.165) is 44.9 Å². The molecule has 0 aliphatic heterocycles. The molecule has 1 aliphatic carbocycles. The van der Waals surface area contributed by atoms with Crippen LogP contribution in [0.15, 0.2) is 54.6 Å². The number of amides is 4. The predicted octanol–water partition coefficient (Wildman–Crippen LogP) is 8.72. The van der Waals surface area contributed by atoms with Crippen LogP contribution in [0.2, 0.25) is 0 Å². The number of hydroxylamine groups is 4. The van der Waals surface area contributed by atoms with Gasteiger partial charge in [0.05, 0.1) is 12.1 Å². The summed E-state index contributed by atoms with van der Waals surface area (Å²) in [4.78, 5) is 74.5. The van der Waals surface area contributed by atoms with Gasteiger partial charge in [-0.3, -0.25) is 39.2 Å². The average molecular weight is 877 g/mol. The molecule has 0 heterocycles. The molecular formula is C51H80N4O8. The standard InChI is InChI=1S/C28H44N2O4.C23H36N2O4/c1-20-11-9-15-23(17-20)29-27(33)25(28(3,4)5)18-26(32)24(21(2)30(34)19-31)16-10-14-22-12-7-6-8-13-22;1-16-10-12-18(13-11-16)8-7-9-19(17(2)25(29)15-26)21(27)14-20(22(28)24-6)23(3,4)5/h6-8,12-13,19-21,23-25,34H,9-11,14-18H2,1-5H3,(H,29,33);10-13,15,17,19-20,29H,7-9,14H2,1-6H3,(H,24,28)/t20?,21-,23?,24+,25+;17-,19+,20+/m00/s1. The molecule has 4 N–H and O–H groups in total. The van der Waals surface area contributed by atoms with Crippen LogP contribution >= 0.6 is 0 Å². The summed E-state index contributed by atoms with van der Waals surface area (Å²) in [6.45, 7) is 19.4. The second kappa shape index (κ2) is 26.4. The maximum atomic E-state index is 13.5. The summed E-state index contributed by atoms with van der Waals surface area (Å²) < 4.78 is 0. The number of nitrogens with zero attached hydrogens (tertiary/aromatic N) is 2. The van der Waals surface area contributed by atoms with E-state index in [1.165, 1.54) is 23.1 Å². The fraction of sp³-hybridized carbons (Fsp3) is 0.647. The van der Waals surface area contributed by atoms with Crippen molar-refractivity contribution >= 4 is 36.2 Å². The molecule has 1 aliphatic rings. The lowest BCUT2D eigenvalue weighted by Crippen LogP contribution is -2.46. The van der Waals surface area contributed by atoms with Gasteiger partial charge in [-0.15, -0.1) is 0 Å². The summed E-state index contributed by atoms with van der Waals surface area (Å²) in [5.41, 5.74) is 2.80. The summed E-state index contributed by atoms with van der Waals surface area (Å²) in [5, 5.41) is 26.9. The lowest BCUT2D eigenvalue weighted by molar-refractivity contribution is -0.166. The Balaban J connectivity index is 0.000000439. The van der Waals surface area contributed by atoms with Crippen LogP contribution in [0.3, 0.4) is 0 Å². The van der Waals surface area contributed by atoms with Gasteiger partial charge in [0.25, 0.3) is 0 Å². The number of hydrogen-bond acceptors (Lipinski definition) is 8. The van der Waals surface area contributed by atoms with Gasteiger partial charge in [0.15, 0.2) is 0 Å². The molecule has 3 rings (SSSR count). The normalized spacial score (nSPS) is 18.2.